The van der Waals surface area contributed by atoms with Crippen LogP contribution in [0.4, 0.5) is 10.5 Å². The van der Waals surface area contributed by atoms with Gasteiger partial charge in [-0.25, -0.2) is 4.79 Å². The summed E-state index contributed by atoms with van der Waals surface area (Å²) in [5.74, 6) is 1.26. The molecule has 1 N–H and O–H groups in total. The van der Waals surface area contributed by atoms with Crippen LogP contribution in [-0.2, 0) is 4.74 Å². The number of anilines is 1. The number of carbonyl (C=O) groups excluding carboxylic acids is 1. The Kier molecular flexibility index (Phi) is 8.59. The molecule has 0 aromatic heterocycles. The Morgan fingerprint density at radius 2 is 1.49 bits per heavy atom. The zero-order chi connectivity index (χ0) is 24.5. The van der Waals surface area contributed by atoms with Gasteiger partial charge in [-0.2, -0.15) is 0 Å². The fourth-order valence-corrected chi connectivity index (χ4v) is 4.22. The van der Waals surface area contributed by atoms with E-state index in [-0.39, 0.29) is 12.1 Å². The first-order valence-electron chi connectivity index (χ1n) is 11.9. The van der Waals surface area contributed by atoms with E-state index < -0.39 is 0 Å². The molecule has 4 rings (SSSR count). The summed E-state index contributed by atoms with van der Waals surface area (Å²) in [6.07, 6.45) is -0.0951. The zero-order valence-electron chi connectivity index (χ0n) is 20.4. The summed E-state index contributed by atoms with van der Waals surface area (Å²) in [4.78, 5) is 17.0. The van der Waals surface area contributed by atoms with Crippen LogP contribution in [-0.4, -0.2) is 69.4 Å². The smallest absolute Gasteiger partial charge is 0.322 e. The predicted molar refractivity (Wildman–Crippen MR) is 137 cm³/mol. The van der Waals surface area contributed by atoms with Gasteiger partial charge in [-0.05, 0) is 23.3 Å². The minimum absolute atomic E-state index is 0.0951. The Balaban J connectivity index is 1.27. The minimum atomic E-state index is -0.138. The Labute approximate surface area is 207 Å². The van der Waals surface area contributed by atoms with Crippen LogP contribution in [0, 0.1) is 0 Å². The summed E-state index contributed by atoms with van der Waals surface area (Å²) in [5, 5.41) is 2.95. The van der Waals surface area contributed by atoms with Crippen molar-refractivity contribution in [2.45, 2.75) is 6.10 Å². The van der Waals surface area contributed by atoms with Gasteiger partial charge in [0.15, 0.2) is 0 Å². The number of rotatable bonds is 9. The third-order valence-corrected chi connectivity index (χ3v) is 6.20. The SMILES string of the molecule is COc1ccc(OC)c(NC(=O)N2CCN(CCOC(c3ccccc3)c3ccccc3)CC2)c1. The number of urea groups is 1. The molecule has 0 atom stereocenters. The number of hydrogen-bond donors (Lipinski definition) is 1. The molecule has 2 amide bonds. The Morgan fingerprint density at radius 1 is 0.857 bits per heavy atom. The minimum Gasteiger partial charge on any atom is -0.497 e. The molecule has 35 heavy (non-hydrogen) atoms. The molecule has 0 aliphatic carbocycles. The largest absolute Gasteiger partial charge is 0.497 e. The first-order valence-corrected chi connectivity index (χ1v) is 11.9. The van der Waals surface area contributed by atoms with Gasteiger partial charge in [0, 0.05) is 38.8 Å². The van der Waals surface area contributed by atoms with Gasteiger partial charge in [-0.3, -0.25) is 4.90 Å². The summed E-state index contributed by atoms with van der Waals surface area (Å²) >= 11 is 0. The van der Waals surface area contributed by atoms with E-state index in [9.17, 15) is 4.79 Å². The zero-order valence-corrected chi connectivity index (χ0v) is 20.4. The highest BCUT2D eigenvalue weighted by Gasteiger charge is 2.22. The summed E-state index contributed by atoms with van der Waals surface area (Å²) in [6.45, 7) is 4.33. The molecular weight excluding hydrogens is 442 g/mol. The van der Waals surface area contributed by atoms with E-state index >= 15 is 0 Å². The molecule has 0 unspecified atom stereocenters. The number of methoxy groups -OCH3 is 2. The van der Waals surface area contributed by atoms with E-state index in [1.807, 2.05) is 41.3 Å². The fraction of sp³-hybridized carbons (Fsp3) is 0.321. The van der Waals surface area contributed by atoms with Crippen molar-refractivity contribution in [3.63, 3.8) is 0 Å². The maximum atomic E-state index is 12.8. The van der Waals surface area contributed by atoms with Crippen molar-refractivity contribution in [3.8, 4) is 11.5 Å². The van der Waals surface area contributed by atoms with Gasteiger partial charge in [-0.1, -0.05) is 60.7 Å². The Bertz CT molecular complexity index is 1030. The lowest BCUT2D eigenvalue weighted by Crippen LogP contribution is -2.50. The highest BCUT2D eigenvalue weighted by atomic mass is 16.5. The quantitative estimate of drug-likeness (QED) is 0.488. The van der Waals surface area contributed by atoms with Gasteiger partial charge in [0.2, 0.25) is 0 Å². The number of nitrogens with zero attached hydrogens (tertiary/aromatic N) is 2. The lowest BCUT2D eigenvalue weighted by Gasteiger charge is -2.35. The van der Waals surface area contributed by atoms with E-state index in [0.717, 1.165) is 30.8 Å². The lowest BCUT2D eigenvalue weighted by molar-refractivity contribution is 0.0498. The number of benzene rings is 3. The average Bonchev–Trinajstić information content (AvgIpc) is 2.92. The van der Waals surface area contributed by atoms with Crippen molar-refractivity contribution < 1.29 is 19.0 Å². The highest BCUT2D eigenvalue weighted by Crippen LogP contribution is 2.29. The standard InChI is InChI=1S/C28H33N3O4/c1-33-24-13-14-26(34-2)25(21-24)29-28(32)31-17-15-30(16-18-31)19-20-35-27(22-9-5-3-6-10-22)23-11-7-4-8-12-23/h3-14,21,27H,15-20H2,1-2H3,(H,29,32). The van der Waals surface area contributed by atoms with Gasteiger partial charge in [-0.15, -0.1) is 0 Å². The lowest BCUT2D eigenvalue weighted by atomic mass is 10.0. The van der Waals surface area contributed by atoms with E-state index in [2.05, 4.69) is 34.5 Å². The molecule has 3 aromatic carbocycles. The Hall–Kier alpha value is -3.55. The summed E-state index contributed by atoms with van der Waals surface area (Å²) < 4.78 is 17.0. The van der Waals surface area contributed by atoms with Crippen LogP contribution in [0.15, 0.2) is 78.9 Å². The first-order chi connectivity index (χ1) is 17.2. The summed E-state index contributed by atoms with van der Waals surface area (Å²) in [6, 6.07) is 25.8. The van der Waals surface area contributed by atoms with Crippen molar-refractivity contribution in [2.75, 3.05) is 58.9 Å². The number of nitrogens with one attached hydrogen (secondary N) is 1. The van der Waals surface area contributed by atoms with Crippen LogP contribution in [0.25, 0.3) is 0 Å². The molecule has 0 spiro atoms. The second-order valence-electron chi connectivity index (χ2n) is 8.40. The molecule has 1 aliphatic heterocycles. The van der Waals surface area contributed by atoms with Crippen LogP contribution in [0.3, 0.4) is 0 Å². The normalized spacial score (nSPS) is 14.1. The van der Waals surface area contributed by atoms with E-state index in [0.29, 0.717) is 36.9 Å². The summed E-state index contributed by atoms with van der Waals surface area (Å²) in [5.41, 5.74) is 2.89. The molecule has 1 saturated heterocycles. The second-order valence-corrected chi connectivity index (χ2v) is 8.40. The maximum absolute atomic E-state index is 12.8. The Morgan fingerprint density at radius 3 is 2.06 bits per heavy atom. The molecule has 0 bridgehead atoms. The second kappa shape index (κ2) is 12.2. The molecule has 1 aliphatic rings. The van der Waals surface area contributed by atoms with Crippen molar-refractivity contribution >= 4 is 11.7 Å². The fourth-order valence-electron chi connectivity index (χ4n) is 4.22. The van der Waals surface area contributed by atoms with Gasteiger partial charge < -0.3 is 24.4 Å². The third kappa shape index (κ3) is 6.53. The van der Waals surface area contributed by atoms with Crippen molar-refractivity contribution in [1.29, 1.82) is 0 Å². The maximum Gasteiger partial charge on any atom is 0.322 e. The van der Waals surface area contributed by atoms with Crippen molar-refractivity contribution in [3.05, 3.63) is 90.0 Å². The average molecular weight is 476 g/mol. The van der Waals surface area contributed by atoms with Gasteiger partial charge in [0.1, 0.15) is 17.6 Å². The van der Waals surface area contributed by atoms with Crippen LogP contribution in [0.1, 0.15) is 17.2 Å². The van der Waals surface area contributed by atoms with Gasteiger partial charge >= 0.3 is 6.03 Å². The van der Waals surface area contributed by atoms with E-state index in [4.69, 9.17) is 14.2 Å². The monoisotopic (exact) mass is 475 g/mol. The van der Waals surface area contributed by atoms with Crippen LogP contribution in [0.2, 0.25) is 0 Å². The number of amides is 2. The molecular formula is C28H33N3O4. The first kappa shape index (κ1) is 24.6. The van der Waals surface area contributed by atoms with Crippen molar-refractivity contribution in [1.82, 2.24) is 9.80 Å². The number of hydrogen-bond acceptors (Lipinski definition) is 5. The van der Waals surface area contributed by atoms with Gasteiger partial charge in [0.25, 0.3) is 0 Å². The van der Waals surface area contributed by atoms with Crippen LogP contribution in [0.5, 0.6) is 11.5 Å². The molecule has 7 heteroatoms. The van der Waals surface area contributed by atoms with E-state index in [1.165, 1.54) is 0 Å². The molecule has 184 valence electrons. The molecule has 0 radical (unpaired) electrons. The third-order valence-electron chi connectivity index (χ3n) is 6.20. The predicted octanol–water partition coefficient (Wildman–Crippen LogP) is 4.66. The molecule has 1 heterocycles. The topological polar surface area (TPSA) is 63.3 Å². The van der Waals surface area contributed by atoms with Gasteiger partial charge in [0.05, 0.1) is 26.5 Å². The molecule has 7 nitrogen and oxygen atoms in total. The number of carbonyl (C=O) groups is 1. The molecule has 3 aromatic rings. The highest BCUT2D eigenvalue weighted by molar-refractivity contribution is 5.91. The summed E-state index contributed by atoms with van der Waals surface area (Å²) in [7, 11) is 3.18. The molecule has 0 saturated carbocycles. The van der Waals surface area contributed by atoms with Crippen molar-refractivity contribution in [2.24, 2.45) is 0 Å². The number of ether oxygens (including phenoxy) is 3. The molecule has 1 fully saturated rings. The van der Waals surface area contributed by atoms with E-state index in [1.54, 1.807) is 32.4 Å². The van der Waals surface area contributed by atoms with Crippen LogP contribution < -0.4 is 14.8 Å². The van der Waals surface area contributed by atoms with Crippen LogP contribution >= 0.6 is 0 Å². The number of piperazine rings is 1.